The van der Waals surface area contributed by atoms with Crippen molar-refractivity contribution in [1.82, 2.24) is 9.97 Å². The molecule has 2 rings (SSSR count). The maximum atomic E-state index is 5.59. The summed E-state index contributed by atoms with van der Waals surface area (Å²) in [6.07, 6.45) is 1.44. The highest BCUT2D eigenvalue weighted by atomic mass is 79.9. The highest BCUT2D eigenvalue weighted by Gasteiger charge is 2.01. The molecule has 1 aromatic heterocycles. The fourth-order valence-corrected chi connectivity index (χ4v) is 1.58. The summed E-state index contributed by atoms with van der Waals surface area (Å²) < 4.78 is 11.7. The van der Waals surface area contributed by atoms with E-state index < -0.39 is 0 Å². The summed E-state index contributed by atoms with van der Waals surface area (Å²) in [7, 11) is 0. The summed E-state index contributed by atoms with van der Waals surface area (Å²) in [5.74, 6) is 1.94. The Morgan fingerprint density at radius 2 is 2.00 bits per heavy atom. The van der Waals surface area contributed by atoms with Crippen LogP contribution < -0.4 is 9.47 Å². The van der Waals surface area contributed by atoms with Crippen molar-refractivity contribution < 1.29 is 9.47 Å². The zero-order valence-electron chi connectivity index (χ0n) is 9.26. The summed E-state index contributed by atoms with van der Waals surface area (Å²) >= 11 is 3.26. The van der Waals surface area contributed by atoms with Gasteiger partial charge in [-0.2, -0.15) is 0 Å². The maximum Gasteiger partial charge on any atom is 0.223 e. The predicted octanol–water partition coefficient (Wildman–Crippen LogP) is 3.43. The highest BCUT2D eigenvalue weighted by molar-refractivity contribution is 9.10. The van der Waals surface area contributed by atoms with Crippen LogP contribution in [0.1, 0.15) is 6.92 Å². The Kier molecular flexibility index (Phi) is 3.93. The van der Waals surface area contributed by atoms with E-state index in [-0.39, 0.29) is 0 Å². The van der Waals surface area contributed by atoms with Gasteiger partial charge in [-0.15, -0.1) is 0 Å². The van der Waals surface area contributed by atoms with Crippen LogP contribution in [0.5, 0.6) is 17.4 Å². The molecule has 0 aliphatic heterocycles. The quantitative estimate of drug-likeness (QED) is 0.811. The minimum atomic E-state index is 0.487. The van der Waals surface area contributed by atoms with Gasteiger partial charge >= 0.3 is 0 Å². The second-order valence-electron chi connectivity index (χ2n) is 3.19. The summed E-state index contributed by atoms with van der Waals surface area (Å²) in [5, 5.41) is 0. The van der Waals surface area contributed by atoms with E-state index in [2.05, 4.69) is 25.9 Å². The standard InChI is InChI=1S/C12H11BrN2O2/c1-2-16-9-4-3-5-10(6-9)17-12-7-11(13)14-8-15-12/h3-8H,2H2,1H3. The first-order valence-electron chi connectivity index (χ1n) is 5.16. The molecule has 0 fully saturated rings. The second kappa shape index (κ2) is 5.63. The van der Waals surface area contributed by atoms with Crippen molar-refractivity contribution in [2.45, 2.75) is 6.92 Å². The van der Waals surface area contributed by atoms with Crippen LogP contribution in [0.15, 0.2) is 41.3 Å². The SMILES string of the molecule is CCOc1cccc(Oc2cc(Br)ncn2)c1. The summed E-state index contributed by atoms with van der Waals surface area (Å²) in [6, 6.07) is 9.12. The number of hydrogen-bond donors (Lipinski definition) is 0. The molecule has 0 N–H and O–H groups in total. The Balaban J connectivity index is 2.15. The lowest BCUT2D eigenvalue weighted by atomic mass is 10.3. The summed E-state index contributed by atoms with van der Waals surface area (Å²) in [5.41, 5.74) is 0. The molecule has 0 aliphatic carbocycles. The molecule has 0 radical (unpaired) electrons. The molecule has 1 heterocycles. The topological polar surface area (TPSA) is 44.2 Å². The predicted molar refractivity (Wildman–Crippen MR) is 67.4 cm³/mol. The lowest BCUT2D eigenvalue weighted by Crippen LogP contribution is -1.92. The average molecular weight is 295 g/mol. The molecule has 0 atom stereocenters. The van der Waals surface area contributed by atoms with Gasteiger partial charge in [0.15, 0.2) is 0 Å². The van der Waals surface area contributed by atoms with Crippen LogP contribution in [0.25, 0.3) is 0 Å². The summed E-state index contributed by atoms with van der Waals surface area (Å²) in [4.78, 5) is 7.94. The van der Waals surface area contributed by atoms with Gasteiger partial charge in [0.05, 0.1) is 6.61 Å². The molecule has 17 heavy (non-hydrogen) atoms. The molecule has 0 saturated carbocycles. The van der Waals surface area contributed by atoms with E-state index in [1.165, 1.54) is 6.33 Å². The lowest BCUT2D eigenvalue weighted by molar-refractivity contribution is 0.338. The number of ether oxygens (including phenoxy) is 2. The molecule has 0 aliphatic rings. The van der Waals surface area contributed by atoms with Crippen LogP contribution in [0.3, 0.4) is 0 Å². The maximum absolute atomic E-state index is 5.59. The first-order chi connectivity index (χ1) is 8.28. The Hall–Kier alpha value is -1.62. The van der Waals surface area contributed by atoms with E-state index in [0.29, 0.717) is 22.8 Å². The fourth-order valence-electron chi connectivity index (χ4n) is 1.29. The summed E-state index contributed by atoms with van der Waals surface area (Å²) in [6.45, 7) is 2.57. The van der Waals surface area contributed by atoms with Gasteiger partial charge in [0.2, 0.25) is 5.88 Å². The first kappa shape index (κ1) is 11.9. The third-order valence-electron chi connectivity index (χ3n) is 1.95. The molecule has 0 unspecified atom stereocenters. The van der Waals surface area contributed by atoms with Crippen molar-refractivity contribution in [3.05, 3.63) is 41.3 Å². The molecule has 2 aromatic rings. The number of hydrogen-bond acceptors (Lipinski definition) is 4. The number of halogens is 1. The van der Waals surface area contributed by atoms with Gasteiger partial charge in [-0.05, 0) is 35.0 Å². The van der Waals surface area contributed by atoms with Crippen LogP contribution in [-0.4, -0.2) is 16.6 Å². The molecule has 0 bridgehead atoms. The zero-order chi connectivity index (χ0) is 12.1. The number of rotatable bonds is 4. The molecule has 0 spiro atoms. The number of benzene rings is 1. The minimum Gasteiger partial charge on any atom is -0.494 e. The average Bonchev–Trinajstić information content (AvgIpc) is 2.30. The normalized spacial score (nSPS) is 10.0. The minimum absolute atomic E-state index is 0.487. The van der Waals surface area contributed by atoms with E-state index in [0.717, 1.165) is 5.75 Å². The molecule has 88 valence electrons. The van der Waals surface area contributed by atoms with Crippen LogP contribution in [0.2, 0.25) is 0 Å². The monoisotopic (exact) mass is 294 g/mol. The molecule has 0 amide bonds. The Morgan fingerprint density at radius 3 is 2.76 bits per heavy atom. The van der Waals surface area contributed by atoms with E-state index in [9.17, 15) is 0 Å². The largest absolute Gasteiger partial charge is 0.494 e. The van der Waals surface area contributed by atoms with Crippen LogP contribution >= 0.6 is 15.9 Å². The van der Waals surface area contributed by atoms with E-state index >= 15 is 0 Å². The third kappa shape index (κ3) is 3.42. The zero-order valence-corrected chi connectivity index (χ0v) is 10.8. The van der Waals surface area contributed by atoms with Gasteiger partial charge < -0.3 is 9.47 Å². The van der Waals surface area contributed by atoms with Crippen molar-refractivity contribution >= 4 is 15.9 Å². The van der Waals surface area contributed by atoms with Crippen LogP contribution in [0, 0.1) is 0 Å². The van der Waals surface area contributed by atoms with Crippen molar-refractivity contribution in [1.29, 1.82) is 0 Å². The van der Waals surface area contributed by atoms with Crippen LogP contribution in [-0.2, 0) is 0 Å². The Labute approximate surface area is 108 Å². The van der Waals surface area contributed by atoms with Crippen LogP contribution in [0.4, 0.5) is 0 Å². The smallest absolute Gasteiger partial charge is 0.223 e. The second-order valence-corrected chi connectivity index (χ2v) is 4.00. The van der Waals surface area contributed by atoms with E-state index in [1.807, 2.05) is 31.2 Å². The first-order valence-corrected chi connectivity index (χ1v) is 5.95. The molecule has 4 nitrogen and oxygen atoms in total. The van der Waals surface area contributed by atoms with Gasteiger partial charge in [0, 0.05) is 12.1 Å². The third-order valence-corrected chi connectivity index (χ3v) is 2.38. The molecule has 0 saturated heterocycles. The Bertz CT molecular complexity index is 505. The molecule has 5 heteroatoms. The molecular formula is C12H11BrN2O2. The van der Waals surface area contributed by atoms with Crippen molar-refractivity contribution in [3.63, 3.8) is 0 Å². The molecule has 1 aromatic carbocycles. The van der Waals surface area contributed by atoms with E-state index in [1.54, 1.807) is 6.07 Å². The van der Waals surface area contributed by atoms with Crippen molar-refractivity contribution in [2.75, 3.05) is 6.61 Å². The highest BCUT2D eigenvalue weighted by Crippen LogP contribution is 2.24. The van der Waals surface area contributed by atoms with E-state index in [4.69, 9.17) is 9.47 Å². The van der Waals surface area contributed by atoms with Gasteiger partial charge in [0.25, 0.3) is 0 Å². The fraction of sp³-hybridized carbons (Fsp3) is 0.167. The van der Waals surface area contributed by atoms with Gasteiger partial charge in [-0.1, -0.05) is 6.07 Å². The van der Waals surface area contributed by atoms with Gasteiger partial charge in [-0.25, -0.2) is 9.97 Å². The Morgan fingerprint density at radius 1 is 1.18 bits per heavy atom. The number of nitrogens with zero attached hydrogens (tertiary/aromatic N) is 2. The lowest BCUT2D eigenvalue weighted by Gasteiger charge is -2.07. The van der Waals surface area contributed by atoms with Crippen molar-refractivity contribution in [3.8, 4) is 17.4 Å². The van der Waals surface area contributed by atoms with Crippen molar-refractivity contribution in [2.24, 2.45) is 0 Å². The van der Waals surface area contributed by atoms with Gasteiger partial charge in [0.1, 0.15) is 22.4 Å². The number of aromatic nitrogens is 2. The molecular weight excluding hydrogens is 284 g/mol. The van der Waals surface area contributed by atoms with Gasteiger partial charge in [-0.3, -0.25) is 0 Å².